The Morgan fingerprint density at radius 2 is 1.80 bits per heavy atom. The number of hydrogen-bond donors (Lipinski definition) is 1. The largest absolute Gasteiger partial charge is 0.374 e. The molecule has 1 unspecified atom stereocenters. The van der Waals surface area contributed by atoms with Crippen molar-refractivity contribution in [2.24, 2.45) is 11.7 Å². The number of ether oxygens (including phenoxy) is 1. The highest BCUT2D eigenvalue weighted by molar-refractivity contribution is 4.99. The van der Waals surface area contributed by atoms with Crippen LogP contribution >= 0.6 is 0 Å². The molecule has 0 aromatic rings. The molecule has 0 spiro atoms. The Morgan fingerprint density at radius 1 is 1.20 bits per heavy atom. The minimum atomic E-state index is 0.0454. The third kappa shape index (κ3) is 2.21. The molecule has 1 atom stereocenters. The first-order chi connectivity index (χ1) is 7.28. The lowest BCUT2D eigenvalue weighted by molar-refractivity contribution is -0.0648. The zero-order valence-corrected chi connectivity index (χ0v) is 10.0. The Balaban J connectivity index is 2.02. The van der Waals surface area contributed by atoms with E-state index in [1.165, 1.54) is 51.4 Å². The minimum absolute atomic E-state index is 0.0454. The average Bonchev–Trinajstić information content (AvgIpc) is 2.88. The monoisotopic (exact) mass is 211 g/mol. The molecule has 2 heteroatoms. The Kier molecular flexibility index (Phi) is 3.68. The van der Waals surface area contributed by atoms with E-state index in [0.29, 0.717) is 6.04 Å². The molecular weight excluding hydrogens is 186 g/mol. The predicted molar refractivity (Wildman–Crippen MR) is 62.8 cm³/mol. The van der Waals surface area contributed by atoms with Crippen LogP contribution in [0.1, 0.15) is 58.3 Å². The summed E-state index contributed by atoms with van der Waals surface area (Å²) in [6, 6.07) is 0.294. The van der Waals surface area contributed by atoms with Gasteiger partial charge in [0, 0.05) is 12.6 Å². The van der Waals surface area contributed by atoms with Gasteiger partial charge in [0.15, 0.2) is 0 Å². The molecule has 0 bridgehead atoms. The maximum atomic E-state index is 6.48. The molecule has 2 nitrogen and oxygen atoms in total. The van der Waals surface area contributed by atoms with E-state index in [2.05, 4.69) is 6.92 Å². The predicted octanol–water partition coefficient (Wildman–Crippen LogP) is 2.85. The normalized spacial score (nSPS) is 28.4. The van der Waals surface area contributed by atoms with Crippen LogP contribution in [0, 0.1) is 5.92 Å². The fourth-order valence-corrected chi connectivity index (χ4v) is 3.58. The summed E-state index contributed by atoms with van der Waals surface area (Å²) in [5.41, 5.74) is 6.53. The van der Waals surface area contributed by atoms with Gasteiger partial charge >= 0.3 is 0 Å². The van der Waals surface area contributed by atoms with Crippen LogP contribution in [0.3, 0.4) is 0 Å². The summed E-state index contributed by atoms with van der Waals surface area (Å²) in [6.45, 7) is 2.92. The Morgan fingerprint density at radius 3 is 2.33 bits per heavy atom. The van der Waals surface area contributed by atoms with E-state index in [-0.39, 0.29) is 5.60 Å². The fraction of sp³-hybridized carbons (Fsp3) is 1.00. The molecule has 0 aromatic carbocycles. The zero-order chi connectivity index (χ0) is 10.7. The van der Waals surface area contributed by atoms with Crippen LogP contribution in [0.25, 0.3) is 0 Å². The highest BCUT2D eigenvalue weighted by atomic mass is 16.5. The molecule has 15 heavy (non-hydrogen) atoms. The van der Waals surface area contributed by atoms with Crippen molar-refractivity contribution >= 4 is 0 Å². The third-order valence-electron chi connectivity index (χ3n) is 4.40. The lowest BCUT2D eigenvalue weighted by Crippen LogP contribution is -2.51. The third-order valence-corrected chi connectivity index (χ3v) is 4.40. The van der Waals surface area contributed by atoms with E-state index in [1.54, 1.807) is 0 Å². The molecule has 0 aliphatic heterocycles. The van der Waals surface area contributed by atoms with Crippen LogP contribution in [0.5, 0.6) is 0 Å². The van der Waals surface area contributed by atoms with Gasteiger partial charge in [-0.25, -0.2) is 0 Å². The molecule has 2 N–H and O–H groups in total. The molecule has 0 aromatic heterocycles. The first-order valence-corrected chi connectivity index (χ1v) is 6.68. The van der Waals surface area contributed by atoms with Crippen LogP contribution in [0.4, 0.5) is 0 Å². The van der Waals surface area contributed by atoms with Gasteiger partial charge in [0.2, 0.25) is 0 Å². The Labute approximate surface area is 93.6 Å². The Hall–Kier alpha value is -0.0800. The van der Waals surface area contributed by atoms with E-state index < -0.39 is 0 Å². The molecule has 2 rings (SSSR count). The smallest absolute Gasteiger partial charge is 0.0835 e. The van der Waals surface area contributed by atoms with Crippen LogP contribution in [0.2, 0.25) is 0 Å². The van der Waals surface area contributed by atoms with E-state index in [0.717, 1.165) is 12.5 Å². The molecule has 0 saturated heterocycles. The van der Waals surface area contributed by atoms with Crippen molar-refractivity contribution in [1.29, 1.82) is 0 Å². The quantitative estimate of drug-likeness (QED) is 0.776. The highest BCUT2D eigenvalue weighted by Gasteiger charge is 2.44. The number of rotatable bonds is 4. The van der Waals surface area contributed by atoms with Crippen molar-refractivity contribution < 1.29 is 4.74 Å². The highest BCUT2D eigenvalue weighted by Crippen LogP contribution is 2.41. The molecular formula is C13H25NO. The first kappa shape index (κ1) is 11.4. The van der Waals surface area contributed by atoms with Crippen molar-refractivity contribution in [1.82, 2.24) is 0 Å². The minimum Gasteiger partial charge on any atom is -0.374 e. The van der Waals surface area contributed by atoms with Crippen LogP contribution in [0.15, 0.2) is 0 Å². The number of nitrogens with two attached hydrogens (primary N) is 1. The van der Waals surface area contributed by atoms with E-state index in [9.17, 15) is 0 Å². The van der Waals surface area contributed by atoms with Crippen molar-refractivity contribution in [3.05, 3.63) is 0 Å². The SMILES string of the molecule is CCOC1(C(N)C2CCCC2)CCCC1. The van der Waals surface area contributed by atoms with Crippen LogP contribution in [-0.2, 0) is 4.74 Å². The summed E-state index contributed by atoms with van der Waals surface area (Å²) in [6.07, 6.45) is 10.4. The topological polar surface area (TPSA) is 35.2 Å². The molecule has 88 valence electrons. The van der Waals surface area contributed by atoms with Gasteiger partial charge in [-0.2, -0.15) is 0 Å². The molecule has 2 aliphatic carbocycles. The van der Waals surface area contributed by atoms with Crippen molar-refractivity contribution in [3.8, 4) is 0 Å². The molecule has 0 heterocycles. The fourth-order valence-electron chi connectivity index (χ4n) is 3.58. The van der Waals surface area contributed by atoms with Crippen LogP contribution < -0.4 is 5.73 Å². The maximum Gasteiger partial charge on any atom is 0.0835 e. The van der Waals surface area contributed by atoms with Crippen molar-refractivity contribution in [3.63, 3.8) is 0 Å². The second kappa shape index (κ2) is 4.84. The van der Waals surface area contributed by atoms with Gasteiger partial charge in [-0.1, -0.05) is 25.7 Å². The van der Waals surface area contributed by atoms with Gasteiger partial charge in [0.05, 0.1) is 5.60 Å². The van der Waals surface area contributed by atoms with Gasteiger partial charge in [0.25, 0.3) is 0 Å². The second-order valence-electron chi connectivity index (χ2n) is 5.28. The number of hydrogen-bond acceptors (Lipinski definition) is 2. The summed E-state index contributed by atoms with van der Waals surface area (Å²) >= 11 is 0. The average molecular weight is 211 g/mol. The van der Waals surface area contributed by atoms with Crippen LogP contribution in [-0.4, -0.2) is 18.2 Å². The standard InChI is InChI=1S/C13H25NO/c1-2-15-13(9-5-6-10-13)12(14)11-7-3-4-8-11/h11-12H,2-10,14H2,1H3. The van der Waals surface area contributed by atoms with Crippen molar-refractivity contribution in [2.75, 3.05) is 6.61 Å². The van der Waals surface area contributed by atoms with Crippen molar-refractivity contribution in [2.45, 2.75) is 69.9 Å². The van der Waals surface area contributed by atoms with E-state index >= 15 is 0 Å². The maximum absolute atomic E-state index is 6.48. The molecule has 0 radical (unpaired) electrons. The van der Waals surface area contributed by atoms with Gasteiger partial charge in [-0.05, 0) is 38.5 Å². The molecule has 2 aliphatic rings. The van der Waals surface area contributed by atoms with E-state index in [4.69, 9.17) is 10.5 Å². The van der Waals surface area contributed by atoms with Gasteiger partial charge < -0.3 is 10.5 Å². The van der Waals surface area contributed by atoms with Gasteiger partial charge in [0.1, 0.15) is 0 Å². The zero-order valence-electron chi connectivity index (χ0n) is 10.0. The summed E-state index contributed by atoms with van der Waals surface area (Å²) in [7, 11) is 0. The lowest BCUT2D eigenvalue weighted by atomic mass is 9.82. The molecule has 0 amide bonds. The Bertz CT molecular complexity index is 193. The summed E-state index contributed by atoms with van der Waals surface area (Å²) in [4.78, 5) is 0. The summed E-state index contributed by atoms with van der Waals surface area (Å²) < 4.78 is 6.04. The molecule has 2 saturated carbocycles. The van der Waals surface area contributed by atoms with E-state index in [1.807, 2.05) is 0 Å². The molecule has 2 fully saturated rings. The second-order valence-corrected chi connectivity index (χ2v) is 5.28. The summed E-state index contributed by atoms with van der Waals surface area (Å²) in [5.74, 6) is 0.731. The summed E-state index contributed by atoms with van der Waals surface area (Å²) in [5, 5.41) is 0. The lowest BCUT2D eigenvalue weighted by Gasteiger charge is -2.38. The van der Waals surface area contributed by atoms with Gasteiger partial charge in [-0.3, -0.25) is 0 Å². The first-order valence-electron chi connectivity index (χ1n) is 6.68. The van der Waals surface area contributed by atoms with Gasteiger partial charge in [-0.15, -0.1) is 0 Å².